The summed E-state index contributed by atoms with van der Waals surface area (Å²) in [6.07, 6.45) is 0. The molecule has 0 unspecified atom stereocenters. The van der Waals surface area contributed by atoms with Gasteiger partial charge >= 0.3 is 0 Å². The standard InChI is InChI=1S/C13H19N5OS2/c1-8(2)5-18-10(4)16-17-13(18)21-7-11(19)15-12-14-9(3)6-20-12/h6,8H,5,7H2,1-4H3,(H,14,15,19). The van der Waals surface area contributed by atoms with E-state index >= 15 is 0 Å². The fourth-order valence-corrected chi connectivity index (χ4v) is 3.24. The number of thioether (sulfide) groups is 1. The lowest BCUT2D eigenvalue weighted by Gasteiger charge is -2.10. The molecular formula is C13H19N5OS2. The highest BCUT2D eigenvalue weighted by Crippen LogP contribution is 2.19. The molecule has 2 aromatic rings. The minimum absolute atomic E-state index is 0.0777. The summed E-state index contributed by atoms with van der Waals surface area (Å²) in [5, 5.41) is 14.3. The summed E-state index contributed by atoms with van der Waals surface area (Å²) in [4.78, 5) is 16.1. The zero-order chi connectivity index (χ0) is 15.4. The van der Waals surface area contributed by atoms with Gasteiger partial charge in [-0.05, 0) is 19.8 Å². The second kappa shape index (κ2) is 7.04. The Morgan fingerprint density at radius 1 is 1.43 bits per heavy atom. The predicted molar refractivity (Wildman–Crippen MR) is 85.8 cm³/mol. The molecular weight excluding hydrogens is 306 g/mol. The van der Waals surface area contributed by atoms with Crippen molar-refractivity contribution >= 4 is 34.1 Å². The van der Waals surface area contributed by atoms with E-state index in [4.69, 9.17) is 0 Å². The van der Waals surface area contributed by atoms with Crippen LogP contribution in [0.1, 0.15) is 25.4 Å². The number of nitrogens with zero attached hydrogens (tertiary/aromatic N) is 4. The third-order valence-corrected chi connectivity index (χ3v) is 4.49. The van der Waals surface area contributed by atoms with E-state index in [2.05, 4.69) is 38.9 Å². The van der Waals surface area contributed by atoms with Crippen LogP contribution in [-0.2, 0) is 11.3 Å². The monoisotopic (exact) mass is 325 g/mol. The van der Waals surface area contributed by atoms with Gasteiger partial charge in [-0.1, -0.05) is 25.6 Å². The van der Waals surface area contributed by atoms with E-state index in [1.54, 1.807) is 0 Å². The molecule has 2 rings (SSSR count). The number of carbonyl (C=O) groups excluding carboxylic acids is 1. The number of hydrogen-bond acceptors (Lipinski definition) is 6. The molecule has 0 aliphatic heterocycles. The lowest BCUT2D eigenvalue weighted by Crippen LogP contribution is -2.15. The molecule has 0 atom stereocenters. The Kier molecular flexibility index (Phi) is 5.35. The summed E-state index contributed by atoms with van der Waals surface area (Å²) < 4.78 is 2.05. The summed E-state index contributed by atoms with van der Waals surface area (Å²) in [6.45, 7) is 8.97. The second-order valence-corrected chi connectivity index (χ2v) is 6.97. The number of aromatic nitrogens is 4. The highest BCUT2D eigenvalue weighted by Gasteiger charge is 2.13. The Labute approximate surface area is 132 Å². The SMILES string of the molecule is Cc1csc(NC(=O)CSc2nnc(C)n2CC(C)C)n1. The zero-order valence-corrected chi connectivity index (χ0v) is 14.2. The topological polar surface area (TPSA) is 72.7 Å². The van der Waals surface area contributed by atoms with E-state index < -0.39 is 0 Å². The lowest BCUT2D eigenvalue weighted by molar-refractivity contribution is -0.113. The summed E-state index contributed by atoms with van der Waals surface area (Å²) in [6, 6.07) is 0. The van der Waals surface area contributed by atoms with E-state index in [0.717, 1.165) is 23.2 Å². The Balaban J connectivity index is 1.92. The molecule has 0 saturated heterocycles. The van der Waals surface area contributed by atoms with E-state index in [1.165, 1.54) is 23.1 Å². The van der Waals surface area contributed by atoms with E-state index in [-0.39, 0.29) is 5.91 Å². The Bertz CT molecular complexity index is 620. The largest absolute Gasteiger partial charge is 0.306 e. The first-order chi connectivity index (χ1) is 9.95. The summed E-state index contributed by atoms with van der Waals surface area (Å²) in [5.41, 5.74) is 0.912. The molecule has 21 heavy (non-hydrogen) atoms. The van der Waals surface area contributed by atoms with Crippen molar-refractivity contribution in [3.63, 3.8) is 0 Å². The smallest absolute Gasteiger partial charge is 0.236 e. The van der Waals surface area contributed by atoms with Crippen molar-refractivity contribution in [2.24, 2.45) is 5.92 Å². The van der Waals surface area contributed by atoms with Gasteiger partial charge in [0.25, 0.3) is 0 Å². The van der Waals surface area contributed by atoms with Gasteiger partial charge in [-0.2, -0.15) is 0 Å². The first kappa shape index (κ1) is 16.0. The first-order valence-electron chi connectivity index (χ1n) is 6.70. The molecule has 0 bridgehead atoms. The molecule has 0 aliphatic rings. The van der Waals surface area contributed by atoms with Crippen LogP contribution in [0.25, 0.3) is 0 Å². The lowest BCUT2D eigenvalue weighted by atomic mass is 10.2. The maximum atomic E-state index is 11.9. The Morgan fingerprint density at radius 3 is 2.81 bits per heavy atom. The Morgan fingerprint density at radius 2 is 2.19 bits per heavy atom. The number of anilines is 1. The number of rotatable bonds is 6. The molecule has 0 radical (unpaired) electrons. The quantitative estimate of drug-likeness (QED) is 0.827. The summed E-state index contributed by atoms with van der Waals surface area (Å²) in [5.74, 6) is 1.61. The first-order valence-corrected chi connectivity index (χ1v) is 8.57. The molecule has 8 heteroatoms. The normalized spacial score (nSPS) is 11.1. The van der Waals surface area contributed by atoms with Gasteiger partial charge in [0.15, 0.2) is 10.3 Å². The second-order valence-electron chi connectivity index (χ2n) is 5.17. The van der Waals surface area contributed by atoms with Gasteiger partial charge in [0.05, 0.1) is 11.4 Å². The van der Waals surface area contributed by atoms with E-state index in [1.807, 2.05) is 19.2 Å². The van der Waals surface area contributed by atoms with Crippen LogP contribution < -0.4 is 5.32 Å². The molecule has 0 spiro atoms. The van der Waals surface area contributed by atoms with Crippen LogP contribution in [0, 0.1) is 19.8 Å². The number of carbonyl (C=O) groups is 1. The van der Waals surface area contributed by atoms with Gasteiger partial charge in [-0.25, -0.2) is 4.98 Å². The van der Waals surface area contributed by atoms with Gasteiger partial charge in [0.2, 0.25) is 5.91 Å². The summed E-state index contributed by atoms with van der Waals surface area (Å²) in [7, 11) is 0. The van der Waals surface area contributed by atoms with Crippen molar-refractivity contribution in [1.82, 2.24) is 19.7 Å². The zero-order valence-electron chi connectivity index (χ0n) is 12.6. The van der Waals surface area contributed by atoms with Crippen molar-refractivity contribution in [3.05, 3.63) is 16.9 Å². The highest BCUT2D eigenvalue weighted by molar-refractivity contribution is 7.99. The van der Waals surface area contributed by atoms with Crippen molar-refractivity contribution in [1.29, 1.82) is 0 Å². The highest BCUT2D eigenvalue weighted by atomic mass is 32.2. The molecule has 114 valence electrons. The van der Waals surface area contributed by atoms with Gasteiger partial charge in [0.1, 0.15) is 5.82 Å². The van der Waals surface area contributed by atoms with Crippen molar-refractivity contribution in [2.45, 2.75) is 39.4 Å². The molecule has 2 heterocycles. The third-order valence-electron chi connectivity index (χ3n) is 2.65. The minimum atomic E-state index is -0.0777. The Hall–Kier alpha value is -1.41. The summed E-state index contributed by atoms with van der Waals surface area (Å²) >= 11 is 2.83. The number of hydrogen-bond donors (Lipinski definition) is 1. The maximum absolute atomic E-state index is 11.9. The molecule has 0 saturated carbocycles. The van der Waals surface area contributed by atoms with E-state index in [0.29, 0.717) is 16.8 Å². The molecule has 0 aromatic carbocycles. The number of amides is 1. The molecule has 6 nitrogen and oxygen atoms in total. The van der Waals surface area contributed by atoms with Crippen LogP contribution in [0.15, 0.2) is 10.5 Å². The molecule has 0 aliphatic carbocycles. The van der Waals surface area contributed by atoms with Crippen LogP contribution in [0.3, 0.4) is 0 Å². The van der Waals surface area contributed by atoms with Gasteiger partial charge in [-0.15, -0.1) is 21.5 Å². The van der Waals surface area contributed by atoms with Crippen LogP contribution in [0.4, 0.5) is 5.13 Å². The number of aryl methyl sites for hydroxylation is 2. The minimum Gasteiger partial charge on any atom is -0.306 e. The number of nitrogens with one attached hydrogen (secondary N) is 1. The van der Waals surface area contributed by atoms with Gasteiger partial charge in [0, 0.05) is 11.9 Å². The van der Waals surface area contributed by atoms with Crippen molar-refractivity contribution in [3.8, 4) is 0 Å². The van der Waals surface area contributed by atoms with Crippen LogP contribution >= 0.6 is 23.1 Å². The third kappa shape index (κ3) is 4.53. The molecule has 1 N–H and O–H groups in total. The van der Waals surface area contributed by atoms with E-state index in [9.17, 15) is 4.79 Å². The molecule has 0 fully saturated rings. The average Bonchev–Trinajstić information content (AvgIpc) is 2.95. The fraction of sp³-hybridized carbons (Fsp3) is 0.538. The van der Waals surface area contributed by atoms with Crippen LogP contribution in [-0.4, -0.2) is 31.4 Å². The van der Waals surface area contributed by atoms with Gasteiger partial charge < -0.3 is 9.88 Å². The van der Waals surface area contributed by atoms with Crippen LogP contribution in [0.5, 0.6) is 0 Å². The van der Waals surface area contributed by atoms with Crippen molar-refractivity contribution in [2.75, 3.05) is 11.1 Å². The molecule has 1 amide bonds. The predicted octanol–water partition coefficient (Wildman–Crippen LogP) is 2.74. The van der Waals surface area contributed by atoms with Crippen molar-refractivity contribution < 1.29 is 4.79 Å². The average molecular weight is 325 g/mol. The van der Waals surface area contributed by atoms with Crippen LogP contribution in [0.2, 0.25) is 0 Å². The van der Waals surface area contributed by atoms with Gasteiger partial charge in [-0.3, -0.25) is 4.79 Å². The maximum Gasteiger partial charge on any atom is 0.236 e. The number of thiazole rings is 1. The molecule has 2 aromatic heterocycles. The fourth-order valence-electron chi connectivity index (χ4n) is 1.74.